The molecule has 2 amide bonds. The Morgan fingerprint density at radius 2 is 1.84 bits per heavy atom. The van der Waals surface area contributed by atoms with Gasteiger partial charge in [0.25, 0.3) is 11.8 Å². The van der Waals surface area contributed by atoms with Crippen LogP contribution in [-0.4, -0.2) is 33.5 Å². The number of benzene rings is 2. The maximum absolute atomic E-state index is 13.9. The standard InChI is InChI=1S/C18H12F2N2O3/c1-2-11-5-3-6-12(9-11)17-21(10-15(23)22(17)25)18(24)16-13(19)7-4-8-14(16)20/h1,3-9,17,25H,10H2. The Hall–Kier alpha value is -3.24. The zero-order valence-electron chi connectivity index (χ0n) is 12.8. The quantitative estimate of drug-likeness (QED) is 0.673. The van der Waals surface area contributed by atoms with Crippen LogP contribution >= 0.6 is 0 Å². The van der Waals surface area contributed by atoms with Crippen molar-refractivity contribution in [1.82, 2.24) is 9.96 Å². The monoisotopic (exact) mass is 342 g/mol. The molecule has 1 aliphatic rings. The molecule has 1 heterocycles. The zero-order chi connectivity index (χ0) is 18.1. The maximum Gasteiger partial charge on any atom is 0.267 e. The van der Waals surface area contributed by atoms with E-state index in [1.54, 1.807) is 18.2 Å². The van der Waals surface area contributed by atoms with Crippen molar-refractivity contribution in [2.24, 2.45) is 0 Å². The molecule has 0 spiro atoms. The van der Waals surface area contributed by atoms with E-state index in [0.29, 0.717) is 16.2 Å². The molecular weight excluding hydrogens is 330 g/mol. The van der Waals surface area contributed by atoms with E-state index >= 15 is 0 Å². The fraction of sp³-hybridized carbons (Fsp3) is 0.111. The normalized spacial score (nSPS) is 16.9. The molecule has 5 nitrogen and oxygen atoms in total. The first-order chi connectivity index (χ1) is 11.9. The summed E-state index contributed by atoms with van der Waals surface area (Å²) in [6, 6.07) is 9.29. The van der Waals surface area contributed by atoms with Gasteiger partial charge >= 0.3 is 0 Å². The largest absolute Gasteiger partial charge is 0.302 e. The van der Waals surface area contributed by atoms with E-state index in [-0.39, 0.29) is 0 Å². The number of amides is 2. The van der Waals surface area contributed by atoms with Gasteiger partial charge in [-0.05, 0) is 29.8 Å². The first-order valence-corrected chi connectivity index (χ1v) is 7.26. The summed E-state index contributed by atoms with van der Waals surface area (Å²) in [6.45, 7) is -0.520. The average molecular weight is 342 g/mol. The second kappa shape index (κ2) is 6.34. The fourth-order valence-corrected chi connectivity index (χ4v) is 2.71. The number of hydrogen-bond donors (Lipinski definition) is 1. The molecule has 1 unspecified atom stereocenters. The number of halogens is 2. The molecule has 1 fully saturated rings. The fourth-order valence-electron chi connectivity index (χ4n) is 2.71. The Morgan fingerprint density at radius 1 is 1.20 bits per heavy atom. The minimum absolute atomic E-state index is 0.342. The summed E-state index contributed by atoms with van der Waals surface area (Å²) in [5.74, 6) is -1.52. The molecule has 25 heavy (non-hydrogen) atoms. The molecule has 0 saturated carbocycles. The van der Waals surface area contributed by atoms with E-state index in [0.717, 1.165) is 23.1 Å². The summed E-state index contributed by atoms with van der Waals surface area (Å²) in [5.41, 5.74) is 0.0207. The lowest BCUT2D eigenvalue weighted by molar-refractivity contribution is -0.168. The van der Waals surface area contributed by atoms with Gasteiger partial charge in [-0.2, -0.15) is 5.06 Å². The summed E-state index contributed by atoms with van der Waals surface area (Å²) >= 11 is 0. The third-order valence-electron chi connectivity index (χ3n) is 3.88. The molecule has 0 radical (unpaired) electrons. The summed E-state index contributed by atoms with van der Waals surface area (Å²) in [4.78, 5) is 25.4. The second-order valence-electron chi connectivity index (χ2n) is 5.41. The smallest absolute Gasteiger partial charge is 0.267 e. The van der Waals surface area contributed by atoms with Gasteiger partial charge in [-0.25, -0.2) is 8.78 Å². The Bertz CT molecular complexity index is 887. The van der Waals surface area contributed by atoms with Crippen molar-refractivity contribution >= 4 is 11.8 Å². The molecule has 1 aliphatic heterocycles. The van der Waals surface area contributed by atoms with Gasteiger partial charge in [-0.15, -0.1) is 6.42 Å². The predicted molar refractivity (Wildman–Crippen MR) is 83.1 cm³/mol. The molecule has 7 heteroatoms. The van der Waals surface area contributed by atoms with Crippen molar-refractivity contribution in [2.75, 3.05) is 6.54 Å². The minimum atomic E-state index is -1.23. The highest BCUT2D eigenvalue weighted by atomic mass is 19.1. The predicted octanol–water partition coefficient (Wildman–Crippen LogP) is 2.32. The molecule has 0 bridgehead atoms. The average Bonchev–Trinajstić information content (AvgIpc) is 2.90. The highest BCUT2D eigenvalue weighted by Gasteiger charge is 2.42. The Balaban J connectivity index is 2.06. The SMILES string of the molecule is C#Cc1cccc(C2N(O)C(=O)CN2C(=O)c2c(F)cccc2F)c1. The van der Waals surface area contributed by atoms with Crippen LogP contribution < -0.4 is 0 Å². The van der Waals surface area contributed by atoms with Gasteiger partial charge in [0, 0.05) is 5.56 Å². The Labute approximate surface area is 142 Å². The first kappa shape index (κ1) is 16.6. The van der Waals surface area contributed by atoms with Crippen LogP contribution in [0, 0.1) is 24.0 Å². The van der Waals surface area contributed by atoms with Crippen LogP contribution in [0.2, 0.25) is 0 Å². The van der Waals surface area contributed by atoms with Crippen LogP contribution in [0.1, 0.15) is 27.7 Å². The van der Waals surface area contributed by atoms with Gasteiger partial charge in [0.2, 0.25) is 0 Å². The van der Waals surface area contributed by atoms with Crippen LogP contribution in [0.25, 0.3) is 0 Å². The van der Waals surface area contributed by atoms with Crippen molar-refractivity contribution in [3.05, 3.63) is 70.8 Å². The van der Waals surface area contributed by atoms with Gasteiger partial charge in [-0.3, -0.25) is 14.8 Å². The maximum atomic E-state index is 13.9. The van der Waals surface area contributed by atoms with E-state index in [4.69, 9.17) is 6.42 Å². The molecule has 0 aliphatic carbocycles. The molecule has 3 rings (SSSR count). The Kier molecular flexibility index (Phi) is 4.21. The zero-order valence-corrected chi connectivity index (χ0v) is 12.8. The van der Waals surface area contributed by atoms with Crippen molar-refractivity contribution in [3.8, 4) is 12.3 Å². The molecule has 1 atom stereocenters. The molecule has 2 aromatic rings. The molecule has 1 N–H and O–H groups in total. The van der Waals surface area contributed by atoms with Gasteiger partial charge in [0.05, 0.1) is 0 Å². The number of nitrogens with zero attached hydrogens (tertiary/aromatic N) is 2. The topological polar surface area (TPSA) is 60.9 Å². The summed E-state index contributed by atoms with van der Waals surface area (Å²) in [5, 5.41) is 10.4. The third-order valence-corrected chi connectivity index (χ3v) is 3.88. The number of terminal acetylenes is 1. The van der Waals surface area contributed by atoms with Crippen molar-refractivity contribution in [3.63, 3.8) is 0 Å². The van der Waals surface area contributed by atoms with Crippen molar-refractivity contribution < 1.29 is 23.6 Å². The summed E-state index contributed by atoms with van der Waals surface area (Å²) in [6.07, 6.45) is 4.10. The molecule has 126 valence electrons. The van der Waals surface area contributed by atoms with E-state index in [1.807, 2.05) is 0 Å². The molecule has 0 aromatic heterocycles. The summed E-state index contributed by atoms with van der Waals surface area (Å²) < 4.78 is 27.8. The number of rotatable bonds is 2. The van der Waals surface area contributed by atoms with Crippen molar-refractivity contribution in [2.45, 2.75) is 6.17 Å². The van der Waals surface area contributed by atoms with Gasteiger partial charge in [0.1, 0.15) is 23.7 Å². The number of hydroxylamine groups is 2. The highest BCUT2D eigenvalue weighted by Crippen LogP contribution is 2.32. The second-order valence-corrected chi connectivity index (χ2v) is 5.41. The van der Waals surface area contributed by atoms with Gasteiger partial charge < -0.3 is 4.90 Å². The van der Waals surface area contributed by atoms with E-state index < -0.39 is 41.7 Å². The molecule has 2 aromatic carbocycles. The summed E-state index contributed by atoms with van der Waals surface area (Å²) in [7, 11) is 0. The van der Waals surface area contributed by atoms with Gasteiger partial charge in [0.15, 0.2) is 6.17 Å². The Morgan fingerprint density at radius 3 is 2.48 bits per heavy atom. The van der Waals surface area contributed by atoms with Gasteiger partial charge in [-0.1, -0.05) is 24.1 Å². The first-order valence-electron chi connectivity index (χ1n) is 7.26. The van der Waals surface area contributed by atoms with Crippen LogP contribution in [0.5, 0.6) is 0 Å². The van der Waals surface area contributed by atoms with Crippen LogP contribution in [-0.2, 0) is 4.79 Å². The number of carbonyl (C=O) groups is 2. The number of hydrogen-bond acceptors (Lipinski definition) is 3. The number of carbonyl (C=O) groups excluding carboxylic acids is 2. The molecular formula is C18H12F2N2O3. The minimum Gasteiger partial charge on any atom is -0.302 e. The van der Waals surface area contributed by atoms with Crippen LogP contribution in [0.4, 0.5) is 8.78 Å². The van der Waals surface area contributed by atoms with Crippen LogP contribution in [0.3, 0.4) is 0 Å². The van der Waals surface area contributed by atoms with E-state index in [9.17, 15) is 23.6 Å². The third kappa shape index (κ3) is 2.84. The molecule has 1 saturated heterocycles. The van der Waals surface area contributed by atoms with Crippen molar-refractivity contribution in [1.29, 1.82) is 0 Å². The van der Waals surface area contributed by atoms with E-state index in [1.165, 1.54) is 6.07 Å². The highest BCUT2D eigenvalue weighted by molar-refractivity contribution is 5.98. The van der Waals surface area contributed by atoms with E-state index in [2.05, 4.69) is 5.92 Å². The van der Waals surface area contributed by atoms with Crippen LogP contribution in [0.15, 0.2) is 42.5 Å². The lowest BCUT2D eigenvalue weighted by Gasteiger charge is -2.26. The lowest BCUT2D eigenvalue weighted by atomic mass is 10.1. The lowest BCUT2D eigenvalue weighted by Crippen LogP contribution is -2.35.